The van der Waals surface area contributed by atoms with Gasteiger partial charge in [-0.25, -0.2) is 0 Å². The van der Waals surface area contributed by atoms with Gasteiger partial charge in [-0.2, -0.15) is 14.2 Å². The first-order valence-corrected chi connectivity index (χ1v) is 4.68. The van der Waals surface area contributed by atoms with Crippen LogP contribution >= 0.6 is 0 Å². The zero-order valence-corrected chi connectivity index (χ0v) is 7.96. The molecule has 0 bridgehead atoms. The lowest BCUT2D eigenvalue weighted by Crippen LogP contribution is -1.81. The summed E-state index contributed by atoms with van der Waals surface area (Å²) in [6.07, 6.45) is 0. The minimum absolute atomic E-state index is 0.750. The van der Waals surface area contributed by atoms with Crippen molar-refractivity contribution in [2.45, 2.75) is 24.4 Å². The zero-order chi connectivity index (χ0) is 8.12. The van der Waals surface area contributed by atoms with Crippen molar-refractivity contribution in [1.82, 2.24) is 0 Å². The van der Waals surface area contributed by atoms with Gasteiger partial charge in [0.05, 0.1) is 0 Å². The molecule has 0 heterocycles. The summed E-state index contributed by atoms with van der Waals surface area (Å²) >= 11 is 0.815. The molecule has 9 heavy (non-hydrogen) atoms. The molecule has 0 N–H and O–H groups in total. The third-order valence-electron chi connectivity index (χ3n) is 0.577. The Morgan fingerprint density at radius 3 is 1.11 bits per heavy atom. The SMILES string of the molecule is C[CH2][Al+2][CH2]C.C[O-].C[O-]. The first-order chi connectivity index (χ1) is 4.41. The normalized spacial score (nSPS) is 6.00. The summed E-state index contributed by atoms with van der Waals surface area (Å²) in [4.78, 5) is 0. The van der Waals surface area contributed by atoms with Crippen LogP contribution < -0.4 is 10.2 Å². The molecular formula is C6H16AlO2. The second-order valence-electron chi connectivity index (χ2n) is 1.11. The Morgan fingerprint density at radius 2 is 1.11 bits per heavy atom. The standard InChI is InChI=1S/2C2H5.2CH3O.Al/c4*1-2;/h2*1H2,2H3;2*1H3;/q;;2*-1;+2. The fraction of sp³-hybridized carbons (Fsp3) is 1.00. The molecule has 0 saturated carbocycles. The summed E-state index contributed by atoms with van der Waals surface area (Å²) < 4.78 is 0. The van der Waals surface area contributed by atoms with E-state index >= 15 is 0 Å². The van der Waals surface area contributed by atoms with Crippen molar-refractivity contribution in [2.24, 2.45) is 0 Å². The Labute approximate surface area is 64.6 Å². The number of hydrogen-bond donors (Lipinski definition) is 0. The van der Waals surface area contributed by atoms with Gasteiger partial charge < -0.3 is 10.2 Å². The minimum Gasteiger partial charge on any atom is -0.857 e. The van der Waals surface area contributed by atoms with E-state index in [0.29, 0.717) is 0 Å². The van der Waals surface area contributed by atoms with E-state index in [9.17, 15) is 0 Å². The van der Waals surface area contributed by atoms with Crippen LogP contribution in [-0.4, -0.2) is 29.4 Å². The molecule has 0 aliphatic heterocycles. The van der Waals surface area contributed by atoms with Crippen molar-refractivity contribution in [3.63, 3.8) is 0 Å². The molecule has 2 nitrogen and oxygen atoms in total. The smallest absolute Gasteiger partial charge is 0.857 e. The lowest BCUT2D eigenvalue weighted by atomic mass is 10.9. The molecule has 0 spiro atoms. The second-order valence-corrected chi connectivity index (χ2v) is 3.32. The Bertz CT molecular complexity index is 18.5. The molecule has 0 aromatic heterocycles. The van der Waals surface area contributed by atoms with Gasteiger partial charge in [0.1, 0.15) is 0 Å². The molecule has 0 fully saturated rings. The lowest BCUT2D eigenvalue weighted by molar-refractivity contribution is -0.325. The van der Waals surface area contributed by atoms with Gasteiger partial charge in [0.2, 0.25) is 0 Å². The van der Waals surface area contributed by atoms with Crippen LogP contribution in [0.4, 0.5) is 0 Å². The molecule has 0 saturated heterocycles. The highest BCUT2D eigenvalue weighted by atomic mass is 27.1. The first kappa shape index (κ1) is 16.2. The topological polar surface area (TPSA) is 46.1 Å². The molecular weight excluding hydrogens is 131 g/mol. The summed E-state index contributed by atoms with van der Waals surface area (Å²) in [6.45, 7) is 4.50. The fourth-order valence-electron chi connectivity index (χ4n) is 0.289. The van der Waals surface area contributed by atoms with E-state index in [1.54, 1.807) is 0 Å². The third-order valence-corrected chi connectivity index (χ3v) is 1.73. The fourth-order valence-corrected chi connectivity index (χ4v) is 0.866. The Kier molecular flexibility index (Phi) is 71.0. The van der Waals surface area contributed by atoms with Crippen LogP contribution in [0.15, 0.2) is 0 Å². The van der Waals surface area contributed by atoms with Crippen LogP contribution in [0, 0.1) is 0 Å². The van der Waals surface area contributed by atoms with Crippen molar-refractivity contribution in [2.75, 3.05) is 14.2 Å². The van der Waals surface area contributed by atoms with Gasteiger partial charge >= 0.3 is 15.2 Å². The number of hydrogen-bond acceptors (Lipinski definition) is 2. The van der Waals surface area contributed by atoms with Gasteiger partial charge in [0, 0.05) is 0 Å². The molecule has 0 aromatic rings. The molecule has 0 rings (SSSR count). The van der Waals surface area contributed by atoms with E-state index in [2.05, 4.69) is 13.8 Å². The van der Waals surface area contributed by atoms with Crippen molar-refractivity contribution in [1.29, 1.82) is 0 Å². The average molecular weight is 147 g/mol. The summed E-state index contributed by atoms with van der Waals surface area (Å²) in [5.74, 6) is 0. The Hall–Kier alpha value is 0.452. The minimum atomic E-state index is 0.750. The highest BCUT2D eigenvalue weighted by Gasteiger charge is 2.36. The van der Waals surface area contributed by atoms with Crippen molar-refractivity contribution in [3.8, 4) is 0 Å². The molecule has 0 aliphatic carbocycles. The van der Waals surface area contributed by atoms with E-state index in [4.69, 9.17) is 10.2 Å². The molecule has 0 unspecified atom stereocenters. The number of rotatable bonds is 2. The summed E-state index contributed by atoms with van der Waals surface area (Å²) in [7, 11) is 1.50. The van der Waals surface area contributed by atoms with Gasteiger partial charge in [-0.05, 0) is 13.8 Å². The van der Waals surface area contributed by atoms with Crippen LogP contribution in [0.5, 0.6) is 0 Å². The average Bonchev–Trinajstić information content (AvgIpc) is 1.98. The van der Waals surface area contributed by atoms with Crippen molar-refractivity contribution in [3.05, 3.63) is 0 Å². The molecule has 0 aliphatic rings. The van der Waals surface area contributed by atoms with Gasteiger partial charge in [-0.15, -0.1) is 0 Å². The van der Waals surface area contributed by atoms with Gasteiger partial charge in [-0.1, -0.05) is 0 Å². The zero-order valence-electron chi connectivity index (χ0n) is 6.81. The van der Waals surface area contributed by atoms with Crippen LogP contribution in [0.25, 0.3) is 0 Å². The van der Waals surface area contributed by atoms with E-state index in [1.165, 1.54) is 10.6 Å². The van der Waals surface area contributed by atoms with E-state index in [1.807, 2.05) is 0 Å². The van der Waals surface area contributed by atoms with E-state index < -0.39 is 0 Å². The van der Waals surface area contributed by atoms with Crippen molar-refractivity contribution >= 4 is 15.2 Å². The second kappa shape index (κ2) is 39.4. The van der Waals surface area contributed by atoms with Crippen LogP contribution in [0.3, 0.4) is 0 Å². The lowest BCUT2D eigenvalue weighted by Gasteiger charge is -1.57. The molecule has 0 atom stereocenters. The van der Waals surface area contributed by atoms with E-state index in [0.717, 1.165) is 29.4 Å². The maximum Gasteiger partial charge on any atom is 1.23 e. The predicted molar refractivity (Wildman–Crippen MR) is 38.6 cm³/mol. The monoisotopic (exact) mass is 147 g/mol. The predicted octanol–water partition coefficient (Wildman–Crippen LogP) is -0.480. The largest absolute Gasteiger partial charge is 1.23 e. The highest BCUT2D eigenvalue weighted by molar-refractivity contribution is 6.34. The maximum atomic E-state index is 8.25. The van der Waals surface area contributed by atoms with Crippen LogP contribution in [0.1, 0.15) is 13.8 Å². The maximum absolute atomic E-state index is 8.25. The molecule has 5 radical (unpaired) electrons. The van der Waals surface area contributed by atoms with Gasteiger partial charge in [-0.3, -0.25) is 0 Å². The van der Waals surface area contributed by atoms with Gasteiger partial charge in [0.15, 0.2) is 10.6 Å². The summed E-state index contributed by atoms with van der Waals surface area (Å²) in [5.41, 5.74) is 0. The third kappa shape index (κ3) is 58.5. The molecule has 0 amide bonds. The van der Waals surface area contributed by atoms with Crippen LogP contribution in [-0.2, 0) is 0 Å². The van der Waals surface area contributed by atoms with E-state index in [-0.39, 0.29) is 0 Å². The Balaban J connectivity index is -0.0000000771. The highest BCUT2D eigenvalue weighted by Crippen LogP contribution is 1.77. The molecule has 55 valence electrons. The first-order valence-electron chi connectivity index (χ1n) is 3.05. The summed E-state index contributed by atoms with van der Waals surface area (Å²) in [6, 6.07) is 0. The summed E-state index contributed by atoms with van der Waals surface area (Å²) in [5, 5.41) is 19.4. The quantitative estimate of drug-likeness (QED) is 0.495. The molecule has 0 aromatic carbocycles. The van der Waals surface area contributed by atoms with Crippen LogP contribution in [0.2, 0.25) is 10.6 Å². The van der Waals surface area contributed by atoms with Crippen molar-refractivity contribution < 1.29 is 10.2 Å². The Morgan fingerprint density at radius 1 is 0.889 bits per heavy atom. The molecule has 3 heteroatoms. The van der Waals surface area contributed by atoms with Gasteiger partial charge in [0.25, 0.3) is 0 Å².